The van der Waals surface area contributed by atoms with E-state index in [9.17, 15) is 4.39 Å². The van der Waals surface area contributed by atoms with Crippen molar-refractivity contribution in [2.75, 3.05) is 18.0 Å². The fourth-order valence-corrected chi connectivity index (χ4v) is 3.07. The highest BCUT2D eigenvalue weighted by atomic mass is 19.1. The first-order valence-electron chi connectivity index (χ1n) is 8.29. The van der Waals surface area contributed by atoms with Crippen LogP contribution in [0.4, 0.5) is 10.2 Å². The molecule has 3 heterocycles. The molecule has 1 unspecified atom stereocenters. The average Bonchev–Trinajstić information content (AvgIpc) is 3.19. The zero-order chi connectivity index (χ0) is 17.9. The zero-order valence-electron chi connectivity index (χ0n) is 13.8. The lowest BCUT2D eigenvalue weighted by Gasteiger charge is -2.31. The smallest absolute Gasteiger partial charge is 0.231 e. The van der Waals surface area contributed by atoms with Crippen molar-refractivity contribution >= 4 is 5.82 Å². The van der Waals surface area contributed by atoms with Crippen LogP contribution in [0.25, 0.3) is 11.4 Å². The number of aromatic nitrogens is 4. The molecule has 8 heteroatoms. The van der Waals surface area contributed by atoms with Gasteiger partial charge >= 0.3 is 0 Å². The molecule has 1 fully saturated rings. The van der Waals surface area contributed by atoms with Crippen LogP contribution in [0.15, 0.2) is 41.2 Å². The van der Waals surface area contributed by atoms with Gasteiger partial charge in [0.1, 0.15) is 17.7 Å². The predicted molar refractivity (Wildman–Crippen MR) is 90.6 cm³/mol. The molecule has 1 saturated heterocycles. The minimum Gasteiger partial charge on any atom is -0.355 e. The molecule has 0 bridgehead atoms. The molecule has 0 spiro atoms. The van der Waals surface area contributed by atoms with Crippen molar-refractivity contribution in [1.29, 1.82) is 5.26 Å². The second-order valence-corrected chi connectivity index (χ2v) is 6.12. The Kier molecular flexibility index (Phi) is 4.27. The summed E-state index contributed by atoms with van der Waals surface area (Å²) in [6.07, 6.45) is 4.94. The molecule has 0 amide bonds. The predicted octanol–water partition coefficient (Wildman–Crippen LogP) is 2.92. The molecule has 0 N–H and O–H groups in total. The van der Waals surface area contributed by atoms with E-state index < -0.39 is 0 Å². The Balaban J connectivity index is 1.52. The summed E-state index contributed by atoms with van der Waals surface area (Å²) in [6.45, 7) is 1.52. The number of benzene rings is 1. The number of halogens is 1. The van der Waals surface area contributed by atoms with Crippen LogP contribution in [0, 0.1) is 17.1 Å². The normalized spacial score (nSPS) is 17.1. The van der Waals surface area contributed by atoms with E-state index in [1.54, 1.807) is 18.3 Å². The third kappa shape index (κ3) is 3.24. The molecule has 7 nitrogen and oxygen atoms in total. The Morgan fingerprint density at radius 2 is 2.19 bits per heavy atom. The van der Waals surface area contributed by atoms with Gasteiger partial charge in [0.2, 0.25) is 11.7 Å². The van der Waals surface area contributed by atoms with E-state index in [0.29, 0.717) is 29.5 Å². The van der Waals surface area contributed by atoms with Crippen molar-refractivity contribution < 1.29 is 8.91 Å². The molecule has 0 saturated carbocycles. The molecule has 2 aromatic heterocycles. The second kappa shape index (κ2) is 6.88. The van der Waals surface area contributed by atoms with Gasteiger partial charge in [0, 0.05) is 18.7 Å². The molecule has 1 atom stereocenters. The number of nitriles is 1. The maximum Gasteiger partial charge on any atom is 0.231 e. The van der Waals surface area contributed by atoms with E-state index in [-0.39, 0.29) is 11.7 Å². The van der Waals surface area contributed by atoms with Gasteiger partial charge in [0.15, 0.2) is 5.69 Å². The van der Waals surface area contributed by atoms with E-state index >= 15 is 0 Å². The fraction of sp³-hybridized carbons (Fsp3) is 0.278. The summed E-state index contributed by atoms with van der Waals surface area (Å²) in [7, 11) is 0. The Labute approximate surface area is 149 Å². The molecule has 3 aromatic rings. The monoisotopic (exact) mass is 350 g/mol. The zero-order valence-corrected chi connectivity index (χ0v) is 13.8. The van der Waals surface area contributed by atoms with E-state index in [4.69, 9.17) is 9.78 Å². The van der Waals surface area contributed by atoms with Crippen LogP contribution in [-0.2, 0) is 0 Å². The summed E-state index contributed by atoms with van der Waals surface area (Å²) in [5.41, 5.74) is 0.879. The lowest BCUT2D eigenvalue weighted by molar-refractivity contribution is 0.333. The highest BCUT2D eigenvalue weighted by Gasteiger charge is 2.27. The van der Waals surface area contributed by atoms with Gasteiger partial charge in [0.25, 0.3) is 0 Å². The Hall–Kier alpha value is -3.34. The van der Waals surface area contributed by atoms with E-state index in [2.05, 4.69) is 25.0 Å². The van der Waals surface area contributed by atoms with Crippen LogP contribution >= 0.6 is 0 Å². The number of anilines is 1. The fourth-order valence-electron chi connectivity index (χ4n) is 3.07. The molecule has 0 radical (unpaired) electrons. The van der Waals surface area contributed by atoms with Gasteiger partial charge in [-0.1, -0.05) is 17.3 Å². The van der Waals surface area contributed by atoms with E-state index in [1.807, 2.05) is 6.07 Å². The van der Waals surface area contributed by atoms with Crippen LogP contribution in [0.5, 0.6) is 0 Å². The number of hydrogen-bond donors (Lipinski definition) is 0. The number of piperidine rings is 1. The van der Waals surface area contributed by atoms with Gasteiger partial charge in [-0.05, 0) is 25.0 Å². The summed E-state index contributed by atoms with van der Waals surface area (Å²) >= 11 is 0. The molecular weight excluding hydrogens is 335 g/mol. The summed E-state index contributed by atoms with van der Waals surface area (Å²) < 4.78 is 18.8. The topological polar surface area (TPSA) is 91.7 Å². The number of hydrogen-bond acceptors (Lipinski definition) is 7. The maximum atomic E-state index is 13.4. The summed E-state index contributed by atoms with van der Waals surface area (Å²) in [5.74, 6) is 1.37. The molecule has 4 rings (SSSR count). The van der Waals surface area contributed by atoms with Crippen LogP contribution < -0.4 is 4.90 Å². The standard InChI is InChI=1S/C18H15FN6O/c19-14-5-1-3-12(7-14)17-23-18(26-24-17)13-4-2-6-25(11-13)16-10-21-15(8-20)9-22-16/h1,3,5,7,9-10,13H,2,4,6,11H2. The Bertz CT molecular complexity index is 949. The van der Waals surface area contributed by atoms with Crippen LogP contribution in [0.3, 0.4) is 0 Å². The highest BCUT2D eigenvalue weighted by molar-refractivity contribution is 5.54. The van der Waals surface area contributed by atoms with Gasteiger partial charge in [0.05, 0.1) is 18.3 Å². The highest BCUT2D eigenvalue weighted by Crippen LogP contribution is 2.29. The third-order valence-electron chi connectivity index (χ3n) is 4.37. The van der Waals surface area contributed by atoms with Crippen molar-refractivity contribution in [3.05, 3.63) is 54.1 Å². The van der Waals surface area contributed by atoms with E-state index in [0.717, 1.165) is 25.2 Å². The molecule has 130 valence electrons. The van der Waals surface area contributed by atoms with Gasteiger partial charge in [-0.25, -0.2) is 14.4 Å². The van der Waals surface area contributed by atoms with Crippen LogP contribution in [-0.4, -0.2) is 33.2 Å². The molecule has 1 aliphatic heterocycles. The molecule has 0 aliphatic carbocycles. The largest absolute Gasteiger partial charge is 0.355 e. The van der Waals surface area contributed by atoms with E-state index in [1.165, 1.54) is 18.3 Å². The quantitative estimate of drug-likeness (QED) is 0.717. The van der Waals surface area contributed by atoms with Gasteiger partial charge < -0.3 is 9.42 Å². The molecule has 26 heavy (non-hydrogen) atoms. The molecule has 1 aromatic carbocycles. The Morgan fingerprint density at radius 1 is 1.27 bits per heavy atom. The first-order chi connectivity index (χ1) is 12.7. The maximum absolute atomic E-state index is 13.4. The SMILES string of the molecule is N#Cc1cnc(N2CCCC(c3nc(-c4cccc(F)c4)no3)C2)cn1. The van der Waals surface area contributed by atoms with Gasteiger partial charge in [-0.3, -0.25) is 0 Å². The van der Waals surface area contributed by atoms with Crippen molar-refractivity contribution in [1.82, 2.24) is 20.1 Å². The summed E-state index contributed by atoms with van der Waals surface area (Å²) in [4.78, 5) is 14.9. The number of nitrogens with zero attached hydrogens (tertiary/aromatic N) is 6. The molecule has 1 aliphatic rings. The lowest BCUT2D eigenvalue weighted by Crippen LogP contribution is -2.35. The minimum atomic E-state index is -0.336. The Morgan fingerprint density at radius 3 is 2.96 bits per heavy atom. The van der Waals surface area contributed by atoms with Crippen molar-refractivity contribution in [3.63, 3.8) is 0 Å². The van der Waals surface area contributed by atoms with Crippen LogP contribution in [0.1, 0.15) is 30.3 Å². The van der Waals surface area contributed by atoms with Gasteiger partial charge in [-0.2, -0.15) is 10.2 Å². The minimum absolute atomic E-state index is 0.0657. The molecular formula is C18H15FN6O. The first kappa shape index (κ1) is 16.1. The van der Waals surface area contributed by atoms with Crippen LogP contribution in [0.2, 0.25) is 0 Å². The second-order valence-electron chi connectivity index (χ2n) is 6.12. The lowest BCUT2D eigenvalue weighted by atomic mass is 9.98. The summed E-state index contributed by atoms with van der Waals surface area (Å²) in [5, 5.41) is 12.8. The first-order valence-corrected chi connectivity index (χ1v) is 8.29. The van der Waals surface area contributed by atoms with Gasteiger partial charge in [-0.15, -0.1) is 0 Å². The van der Waals surface area contributed by atoms with Crippen molar-refractivity contribution in [2.45, 2.75) is 18.8 Å². The number of rotatable bonds is 3. The average molecular weight is 350 g/mol. The third-order valence-corrected chi connectivity index (χ3v) is 4.37. The van der Waals surface area contributed by atoms with Crippen molar-refractivity contribution in [2.24, 2.45) is 0 Å². The van der Waals surface area contributed by atoms with Crippen molar-refractivity contribution in [3.8, 4) is 17.5 Å². The summed E-state index contributed by atoms with van der Waals surface area (Å²) in [6, 6.07) is 8.09.